The molecule has 0 bridgehead atoms. The van der Waals surface area contributed by atoms with Gasteiger partial charge in [-0.25, -0.2) is 18.6 Å². The van der Waals surface area contributed by atoms with Crippen LogP contribution in [0.15, 0.2) is 66.9 Å². The van der Waals surface area contributed by atoms with Crippen molar-refractivity contribution in [3.05, 3.63) is 71.7 Å². The van der Waals surface area contributed by atoms with Crippen molar-refractivity contribution in [2.24, 2.45) is 0 Å². The Morgan fingerprint density at radius 3 is 1.83 bits per heavy atom. The lowest BCUT2D eigenvalue weighted by Crippen LogP contribution is -2.68. The summed E-state index contributed by atoms with van der Waals surface area (Å²) in [5.41, 5.74) is 3.80. The van der Waals surface area contributed by atoms with E-state index in [-0.39, 0.29) is 0 Å². The molecule has 0 radical (unpaired) electrons. The second kappa shape index (κ2) is 7.65. The summed E-state index contributed by atoms with van der Waals surface area (Å²) in [5, 5.41) is 0. The molecule has 0 aliphatic rings. The fourth-order valence-electron chi connectivity index (χ4n) is 2.03. The first-order valence-electron chi connectivity index (χ1n) is 6.60. The number of hydrogen-bond acceptors (Lipinski definition) is 5. The van der Waals surface area contributed by atoms with Crippen LogP contribution in [0.25, 0.3) is 16.8 Å². The first-order chi connectivity index (χ1) is 10.8. The summed E-state index contributed by atoms with van der Waals surface area (Å²) < 4.78 is 36.2. The third-order valence-electron chi connectivity index (χ3n) is 2.96. The zero-order valence-corrected chi connectivity index (χ0v) is 13.8. The van der Waals surface area contributed by atoms with Gasteiger partial charge >= 0.3 is 0 Å². The molecule has 0 spiro atoms. The molecule has 2 aromatic carbocycles. The average Bonchev–Trinajstić information content (AvgIpc) is 2.89. The fourth-order valence-corrected chi connectivity index (χ4v) is 2.98. The molecule has 0 aliphatic heterocycles. The Morgan fingerprint density at radius 2 is 1.30 bits per heavy atom. The standard InChI is InChI=1S/C16H14NS.ClHO4/c1-13-16(14-8-4-2-5-9-14)12-17(18-13)15-10-6-3-7-11-15;2-1(3,4)5/h2-12H,1H3;(H,2,3,4,5)/q+1;/p-1. The van der Waals surface area contributed by atoms with Gasteiger partial charge in [-0.1, -0.05) is 48.5 Å². The van der Waals surface area contributed by atoms with Crippen molar-refractivity contribution in [2.45, 2.75) is 6.92 Å². The molecule has 0 unspecified atom stereocenters. The van der Waals surface area contributed by atoms with E-state index in [1.54, 1.807) is 11.5 Å². The normalized spacial score (nSPS) is 10.8. The molecule has 0 N–H and O–H groups in total. The van der Waals surface area contributed by atoms with E-state index >= 15 is 0 Å². The summed E-state index contributed by atoms with van der Waals surface area (Å²) in [7, 11) is -4.94. The van der Waals surface area contributed by atoms with Crippen molar-refractivity contribution < 1.29 is 32.8 Å². The molecule has 0 fully saturated rings. The van der Waals surface area contributed by atoms with Crippen molar-refractivity contribution in [1.82, 2.24) is 0 Å². The summed E-state index contributed by atoms with van der Waals surface area (Å²) >= 11 is 1.78. The summed E-state index contributed by atoms with van der Waals surface area (Å²) in [6.07, 6.45) is 2.21. The maximum Gasteiger partial charge on any atom is 0.224 e. The Balaban J connectivity index is 0.000000338. The van der Waals surface area contributed by atoms with Crippen LogP contribution in [0.2, 0.25) is 0 Å². The molecule has 0 saturated heterocycles. The molecule has 0 atom stereocenters. The highest BCUT2D eigenvalue weighted by atomic mass is 35.7. The van der Waals surface area contributed by atoms with E-state index in [2.05, 4.69) is 71.7 Å². The molecule has 120 valence electrons. The van der Waals surface area contributed by atoms with Crippen LogP contribution in [0, 0.1) is 17.2 Å². The Hall–Kier alpha value is -1.80. The number of nitrogens with zero attached hydrogens (tertiary/aromatic N) is 1. The van der Waals surface area contributed by atoms with E-state index in [4.69, 9.17) is 18.6 Å². The van der Waals surface area contributed by atoms with Gasteiger partial charge in [0.05, 0.1) is 10.4 Å². The SMILES string of the molecule is Cc1s[n+](-c2ccccc2)cc1-c1ccccc1.[O-][Cl+3]([O-])([O-])[O-]. The van der Waals surface area contributed by atoms with Gasteiger partial charge in [0.2, 0.25) is 5.69 Å². The minimum Gasteiger partial charge on any atom is -0.222 e. The molecule has 1 heterocycles. The molecule has 1 aromatic heterocycles. The van der Waals surface area contributed by atoms with Gasteiger partial charge in [0.15, 0.2) is 6.20 Å². The summed E-state index contributed by atoms with van der Waals surface area (Å²) in [5.74, 6) is 0. The van der Waals surface area contributed by atoms with Gasteiger partial charge in [-0.2, -0.15) is 0 Å². The van der Waals surface area contributed by atoms with E-state index in [9.17, 15) is 0 Å². The van der Waals surface area contributed by atoms with Gasteiger partial charge in [-0.3, -0.25) is 0 Å². The summed E-state index contributed by atoms with van der Waals surface area (Å²) in [6.45, 7) is 2.17. The zero-order valence-electron chi connectivity index (χ0n) is 12.2. The number of halogens is 1. The van der Waals surface area contributed by atoms with Crippen molar-refractivity contribution >= 4 is 11.5 Å². The number of rotatable bonds is 2. The highest BCUT2D eigenvalue weighted by Gasteiger charge is 2.16. The highest BCUT2D eigenvalue weighted by molar-refractivity contribution is 7.02. The molecule has 3 rings (SSSR count). The van der Waals surface area contributed by atoms with Crippen LogP contribution in [0.3, 0.4) is 0 Å². The first kappa shape index (κ1) is 17.6. The third-order valence-corrected chi connectivity index (χ3v) is 3.96. The lowest BCUT2D eigenvalue weighted by molar-refractivity contribution is -2.00. The lowest BCUT2D eigenvalue weighted by atomic mass is 10.1. The smallest absolute Gasteiger partial charge is 0.222 e. The van der Waals surface area contributed by atoms with Gasteiger partial charge in [0.1, 0.15) is 11.5 Å². The maximum absolute atomic E-state index is 8.49. The number of para-hydroxylation sites is 1. The van der Waals surface area contributed by atoms with Gasteiger partial charge in [0, 0.05) is 12.1 Å². The molecule has 23 heavy (non-hydrogen) atoms. The van der Waals surface area contributed by atoms with E-state index in [0.717, 1.165) is 0 Å². The number of hydrogen-bond donors (Lipinski definition) is 0. The molecule has 0 aliphatic carbocycles. The highest BCUT2D eigenvalue weighted by Crippen LogP contribution is 2.25. The van der Waals surface area contributed by atoms with Crippen molar-refractivity contribution in [1.29, 1.82) is 0 Å². The van der Waals surface area contributed by atoms with Crippen LogP contribution in [0.4, 0.5) is 0 Å². The predicted molar refractivity (Wildman–Crippen MR) is 76.0 cm³/mol. The van der Waals surface area contributed by atoms with Crippen LogP contribution in [-0.4, -0.2) is 0 Å². The van der Waals surface area contributed by atoms with Crippen molar-refractivity contribution in [2.75, 3.05) is 0 Å². The van der Waals surface area contributed by atoms with Crippen LogP contribution < -0.4 is 22.6 Å². The Labute approximate surface area is 140 Å². The second-order valence-corrected chi connectivity index (χ2v) is 6.54. The van der Waals surface area contributed by atoms with E-state index in [0.29, 0.717) is 0 Å². The molecule has 7 heteroatoms. The topological polar surface area (TPSA) is 96.1 Å². The number of benzene rings is 2. The van der Waals surface area contributed by atoms with E-state index < -0.39 is 10.2 Å². The van der Waals surface area contributed by atoms with E-state index in [1.165, 1.54) is 21.7 Å². The Kier molecular flexibility index (Phi) is 5.84. The molecule has 0 saturated carbocycles. The van der Waals surface area contributed by atoms with Crippen LogP contribution in [0.1, 0.15) is 4.88 Å². The van der Waals surface area contributed by atoms with Crippen LogP contribution in [0.5, 0.6) is 0 Å². The Bertz CT molecular complexity index is 736. The van der Waals surface area contributed by atoms with Crippen molar-refractivity contribution in [3.63, 3.8) is 0 Å². The van der Waals surface area contributed by atoms with Crippen LogP contribution >= 0.6 is 11.5 Å². The summed E-state index contributed by atoms with van der Waals surface area (Å²) in [6, 6.07) is 21.0. The minimum atomic E-state index is -4.94. The molecular weight excluding hydrogens is 338 g/mol. The molecular formula is C16H14ClNO4S. The quantitative estimate of drug-likeness (QED) is 0.567. The monoisotopic (exact) mass is 351 g/mol. The fraction of sp³-hybridized carbons (Fsp3) is 0.0625. The summed E-state index contributed by atoms with van der Waals surface area (Å²) in [4.78, 5) is 1.34. The maximum atomic E-state index is 8.49. The molecule has 0 amide bonds. The number of aryl methyl sites for hydroxylation is 1. The zero-order chi connectivity index (χ0) is 16.9. The van der Waals surface area contributed by atoms with Crippen LogP contribution in [-0.2, 0) is 0 Å². The third kappa shape index (κ3) is 5.72. The second-order valence-electron chi connectivity index (χ2n) is 4.60. The Morgan fingerprint density at radius 1 is 0.826 bits per heavy atom. The van der Waals surface area contributed by atoms with Gasteiger partial charge in [-0.05, 0) is 12.5 Å². The molecule has 5 nitrogen and oxygen atoms in total. The molecule has 3 aromatic rings. The van der Waals surface area contributed by atoms with E-state index in [1.807, 2.05) is 6.07 Å². The minimum absolute atomic E-state index is 1.22. The number of aromatic nitrogens is 1. The average molecular weight is 352 g/mol. The predicted octanol–water partition coefficient (Wildman–Crippen LogP) is -0.756. The first-order valence-corrected chi connectivity index (χ1v) is 8.60. The van der Waals surface area contributed by atoms with Crippen molar-refractivity contribution in [3.8, 4) is 16.8 Å². The van der Waals surface area contributed by atoms with Gasteiger partial charge in [0.25, 0.3) is 0 Å². The van der Waals surface area contributed by atoms with Gasteiger partial charge in [-0.15, -0.1) is 14.2 Å². The van der Waals surface area contributed by atoms with Gasteiger partial charge < -0.3 is 0 Å². The lowest BCUT2D eigenvalue weighted by Gasteiger charge is -2.17. The largest absolute Gasteiger partial charge is 0.224 e.